The average molecular weight is 211 g/mol. The maximum Gasteiger partial charge on any atom is 0.248 e. The van der Waals surface area contributed by atoms with Gasteiger partial charge < -0.3 is 9.64 Å². The molecule has 0 bridgehead atoms. The number of carbonyl (C=O) groups excluding carboxylic acids is 1. The van der Waals surface area contributed by atoms with Crippen LogP contribution in [-0.2, 0) is 9.53 Å². The molecule has 2 fully saturated rings. The molecule has 2 unspecified atom stereocenters. The third-order valence-electron chi connectivity index (χ3n) is 3.83. The van der Waals surface area contributed by atoms with Crippen molar-refractivity contribution in [1.29, 1.82) is 0 Å². The Morgan fingerprint density at radius 1 is 1.27 bits per heavy atom. The first-order chi connectivity index (χ1) is 7.33. The molecule has 0 N–H and O–H groups in total. The minimum Gasteiger partial charge on any atom is -0.375 e. The maximum atomic E-state index is 11.9. The molecule has 1 amide bonds. The molecule has 2 atom stereocenters. The van der Waals surface area contributed by atoms with E-state index in [9.17, 15) is 4.79 Å². The van der Waals surface area contributed by atoms with Gasteiger partial charge in [-0.05, 0) is 31.6 Å². The van der Waals surface area contributed by atoms with Crippen LogP contribution in [0.15, 0.2) is 0 Å². The molecule has 0 aromatic heterocycles. The Hall–Kier alpha value is -0.570. The van der Waals surface area contributed by atoms with Gasteiger partial charge in [-0.1, -0.05) is 12.8 Å². The molecule has 2 aliphatic rings. The van der Waals surface area contributed by atoms with Crippen molar-refractivity contribution < 1.29 is 9.53 Å². The summed E-state index contributed by atoms with van der Waals surface area (Å²) in [5.41, 5.74) is 0. The monoisotopic (exact) mass is 211 g/mol. The van der Waals surface area contributed by atoms with E-state index in [1.807, 2.05) is 0 Å². The first kappa shape index (κ1) is 10.9. The molecular weight excluding hydrogens is 190 g/mol. The largest absolute Gasteiger partial charge is 0.375 e. The maximum absolute atomic E-state index is 11.9. The third kappa shape index (κ3) is 2.33. The van der Waals surface area contributed by atoms with E-state index in [1.165, 1.54) is 38.5 Å². The lowest BCUT2D eigenvalue weighted by Gasteiger charge is -2.44. The van der Waals surface area contributed by atoms with E-state index < -0.39 is 0 Å². The van der Waals surface area contributed by atoms with Crippen LogP contribution < -0.4 is 0 Å². The van der Waals surface area contributed by atoms with Gasteiger partial charge in [0.25, 0.3) is 0 Å². The van der Waals surface area contributed by atoms with Crippen molar-refractivity contribution in [3.8, 4) is 0 Å². The fourth-order valence-electron chi connectivity index (χ4n) is 3.14. The number of methoxy groups -OCH3 is 1. The third-order valence-corrected chi connectivity index (χ3v) is 3.83. The zero-order valence-electron chi connectivity index (χ0n) is 9.58. The lowest BCUT2D eigenvalue weighted by Crippen LogP contribution is -2.50. The Labute approximate surface area is 91.8 Å². The van der Waals surface area contributed by atoms with Crippen LogP contribution in [0.25, 0.3) is 0 Å². The first-order valence-electron chi connectivity index (χ1n) is 6.11. The van der Waals surface area contributed by atoms with Crippen LogP contribution in [0.4, 0.5) is 0 Å². The summed E-state index contributed by atoms with van der Waals surface area (Å²) < 4.78 is 4.95. The molecule has 1 aliphatic heterocycles. The van der Waals surface area contributed by atoms with Crippen molar-refractivity contribution >= 4 is 5.91 Å². The number of hydrogen-bond donors (Lipinski definition) is 0. The minimum absolute atomic E-state index is 0.189. The summed E-state index contributed by atoms with van der Waals surface area (Å²) in [4.78, 5) is 13.9. The molecule has 0 spiro atoms. The summed E-state index contributed by atoms with van der Waals surface area (Å²) in [6, 6.07) is 0.523. The van der Waals surface area contributed by atoms with E-state index in [-0.39, 0.29) is 12.5 Å². The van der Waals surface area contributed by atoms with Gasteiger partial charge in [0.1, 0.15) is 6.61 Å². The van der Waals surface area contributed by atoms with E-state index >= 15 is 0 Å². The molecule has 1 heterocycles. The van der Waals surface area contributed by atoms with Crippen LogP contribution in [0.1, 0.15) is 38.5 Å². The second-order valence-electron chi connectivity index (χ2n) is 4.77. The predicted octanol–water partition coefficient (Wildman–Crippen LogP) is 1.81. The van der Waals surface area contributed by atoms with Gasteiger partial charge in [0.05, 0.1) is 0 Å². The smallest absolute Gasteiger partial charge is 0.248 e. The van der Waals surface area contributed by atoms with Crippen molar-refractivity contribution in [3.63, 3.8) is 0 Å². The Morgan fingerprint density at radius 2 is 2.00 bits per heavy atom. The Kier molecular flexibility index (Phi) is 3.62. The molecular formula is C12H21NO2. The van der Waals surface area contributed by atoms with Crippen LogP contribution in [-0.4, -0.2) is 37.1 Å². The van der Waals surface area contributed by atoms with E-state index in [0.29, 0.717) is 6.04 Å². The number of carbonyl (C=O) groups is 1. The molecule has 0 radical (unpaired) electrons. The van der Waals surface area contributed by atoms with Crippen molar-refractivity contribution in [3.05, 3.63) is 0 Å². The highest BCUT2D eigenvalue weighted by molar-refractivity contribution is 5.77. The van der Waals surface area contributed by atoms with Gasteiger partial charge in [-0.15, -0.1) is 0 Å². The van der Waals surface area contributed by atoms with E-state index in [1.54, 1.807) is 7.11 Å². The Balaban J connectivity index is 2.00. The van der Waals surface area contributed by atoms with Crippen molar-refractivity contribution in [2.45, 2.75) is 44.6 Å². The number of amides is 1. The van der Waals surface area contributed by atoms with Crippen LogP contribution in [0.3, 0.4) is 0 Å². The molecule has 1 saturated heterocycles. The molecule has 1 saturated carbocycles. The lowest BCUT2D eigenvalue weighted by atomic mass is 9.78. The predicted molar refractivity (Wildman–Crippen MR) is 58.6 cm³/mol. The second-order valence-corrected chi connectivity index (χ2v) is 4.77. The molecule has 15 heavy (non-hydrogen) atoms. The molecule has 3 nitrogen and oxygen atoms in total. The molecule has 0 aromatic rings. The SMILES string of the molecule is COCC(=O)N1CCCC2CCCCC21. The average Bonchev–Trinajstić information content (AvgIpc) is 2.28. The number of likely N-dealkylation sites (tertiary alicyclic amines) is 1. The van der Waals surface area contributed by atoms with E-state index in [0.717, 1.165) is 12.5 Å². The number of fused-ring (bicyclic) bond motifs is 1. The van der Waals surface area contributed by atoms with Gasteiger partial charge in [-0.2, -0.15) is 0 Å². The van der Waals surface area contributed by atoms with Gasteiger partial charge >= 0.3 is 0 Å². The fourth-order valence-corrected chi connectivity index (χ4v) is 3.14. The van der Waals surface area contributed by atoms with Crippen molar-refractivity contribution in [2.75, 3.05) is 20.3 Å². The Bertz CT molecular complexity index is 228. The van der Waals surface area contributed by atoms with Crippen molar-refractivity contribution in [1.82, 2.24) is 4.90 Å². The van der Waals surface area contributed by atoms with E-state index in [2.05, 4.69) is 4.90 Å². The standard InChI is InChI=1S/C12H21NO2/c1-15-9-12(14)13-8-4-6-10-5-2-3-7-11(10)13/h10-11H,2-9H2,1H3. The summed E-state index contributed by atoms with van der Waals surface area (Å²) in [5, 5.41) is 0. The summed E-state index contributed by atoms with van der Waals surface area (Å²) in [7, 11) is 1.60. The highest BCUT2D eigenvalue weighted by Crippen LogP contribution is 2.35. The molecule has 2 rings (SSSR count). The number of ether oxygens (including phenoxy) is 1. The van der Waals surface area contributed by atoms with Crippen LogP contribution in [0, 0.1) is 5.92 Å². The highest BCUT2D eigenvalue weighted by Gasteiger charge is 2.35. The normalized spacial score (nSPS) is 31.1. The number of nitrogens with zero attached hydrogens (tertiary/aromatic N) is 1. The summed E-state index contributed by atoms with van der Waals surface area (Å²) in [5.74, 6) is 0.961. The molecule has 3 heteroatoms. The number of piperidine rings is 1. The molecule has 0 aromatic carbocycles. The summed E-state index contributed by atoms with van der Waals surface area (Å²) in [6.45, 7) is 1.20. The molecule has 86 valence electrons. The van der Waals surface area contributed by atoms with Crippen LogP contribution >= 0.6 is 0 Å². The van der Waals surface area contributed by atoms with Crippen LogP contribution in [0.5, 0.6) is 0 Å². The first-order valence-corrected chi connectivity index (χ1v) is 6.11. The zero-order valence-corrected chi connectivity index (χ0v) is 9.58. The Morgan fingerprint density at radius 3 is 2.80 bits per heavy atom. The van der Waals surface area contributed by atoms with Gasteiger partial charge in [0, 0.05) is 19.7 Å². The lowest BCUT2D eigenvalue weighted by molar-refractivity contribution is -0.141. The quantitative estimate of drug-likeness (QED) is 0.697. The van der Waals surface area contributed by atoms with Gasteiger partial charge in [-0.25, -0.2) is 0 Å². The second kappa shape index (κ2) is 4.97. The number of rotatable bonds is 2. The fraction of sp³-hybridized carbons (Fsp3) is 0.917. The van der Waals surface area contributed by atoms with E-state index in [4.69, 9.17) is 4.74 Å². The van der Waals surface area contributed by atoms with Gasteiger partial charge in [0.15, 0.2) is 0 Å². The highest BCUT2D eigenvalue weighted by atomic mass is 16.5. The summed E-state index contributed by atoms with van der Waals surface area (Å²) >= 11 is 0. The number of hydrogen-bond acceptors (Lipinski definition) is 2. The summed E-state index contributed by atoms with van der Waals surface area (Å²) in [6.07, 6.45) is 7.67. The van der Waals surface area contributed by atoms with Crippen LogP contribution in [0.2, 0.25) is 0 Å². The molecule has 1 aliphatic carbocycles. The topological polar surface area (TPSA) is 29.5 Å². The van der Waals surface area contributed by atoms with Gasteiger partial charge in [-0.3, -0.25) is 4.79 Å². The van der Waals surface area contributed by atoms with Gasteiger partial charge in [0.2, 0.25) is 5.91 Å². The minimum atomic E-state index is 0.189. The zero-order chi connectivity index (χ0) is 10.7. The van der Waals surface area contributed by atoms with Crippen molar-refractivity contribution in [2.24, 2.45) is 5.92 Å².